The predicted molar refractivity (Wildman–Crippen MR) is 96.0 cm³/mol. The minimum absolute atomic E-state index is 0. The third-order valence-electron chi connectivity index (χ3n) is 4.56. The van der Waals surface area contributed by atoms with Gasteiger partial charge in [-0.3, -0.25) is 14.7 Å². The molecule has 1 unspecified atom stereocenters. The summed E-state index contributed by atoms with van der Waals surface area (Å²) >= 11 is 0. The van der Waals surface area contributed by atoms with Gasteiger partial charge in [-0.2, -0.15) is 0 Å². The first kappa shape index (κ1) is 18.3. The molecule has 3 rings (SSSR count). The van der Waals surface area contributed by atoms with Gasteiger partial charge in [0.1, 0.15) is 5.69 Å². The Labute approximate surface area is 146 Å². The number of rotatable bonds is 5. The van der Waals surface area contributed by atoms with Gasteiger partial charge in [0.15, 0.2) is 0 Å². The fourth-order valence-corrected chi connectivity index (χ4v) is 2.76. The van der Waals surface area contributed by atoms with Gasteiger partial charge in [-0.15, -0.1) is 12.4 Å². The lowest BCUT2D eigenvalue weighted by atomic mass is 9.96. The van der Waals surface area contributed by atoms with Crippen LogP contribution in [0.1, 0.15) is 35.8 Å². The van der Waals surface area contributed by atoms with Crippen molar-refractivity contribution < 1.29 is 4.79 Å². The average molecular weight is 351 g/mol. The number of benzene rings is 1. The smallest absolute Gasteiger partial charge is 0.271 e. The first-order chi connectivity index (χ1) is 10.9. The van der Waals surface area contributed by atoms with Crippen molar-refractivity contribution in [2.45, 2.75) is 32.2 Å². The van der Waals surface area contributed by atoms with Crippen LogP contribution in [0.3, 0.4) is 0 Å². The Hall–Kier alpha value is -2.05. The maximum atomic E-state index is 12.5. The molecule has 1 saturated carbocycles. The first-order valence-electron chi connectivity index (χ1n) is 7.84. The van der Waals surface area contributed by atoms with E-state index in [-0.39, 0.29) is 29.6 Å². The summed E-state index contributed by atoms with van der Waals surface area (Å²) in [6, 6.07) is 8.83. The summed E-state index contributed by atoms with van der Waals surface area (Å²) in [5.41, 5.74) is 7.19. The summed E-state index contributed by atoms with van der Waals surface area (Å²) in [4.78, 5) is 24.6. The number of halogens is 1. The van der Waals surface area contributed by atoms with Crippen molar-refractivity contribution in [3.8, 4) is 5.69 Å². The van der Waals surface area contributed by atoms with Crippen LogP contribution < -0.4 is 16.6 Å². The molecular formula is C17H23ClN4O2. The van der Waals surface area contributed by atoms with Crippen LogP contribution in [0.2, 0.25) is 0 Å². The number of H-pyrrole nitrogens is 1. The summed E-state index contributed by atoms with van der Waals surface area (Å²) in [7, 11) is 0. The third kappa shape index (κ3) is 3.55. The summed E-state index contributed by atoms with van der Waals surface area (Å²) in [5, 5.41) is 5.85. The summed E-state index contributed by atoms with van der Waals surface area (Å²) in [6.45, 7) is 4.32. The lowest BCUT2D eigenvalue weighted by Gasteiger charge is -2.29. The van der Waals surface area contributed by atoms with E-state index in [1.54, 1.807) is 0 Å². The quantitative estimate of drug-likeness (QED) is 0.767. The number of hydrogen-bond acceptors (Lipinski definition) is 3. The maximum absolute atomic E-state index is 12.5. The van der Waals surface area contributed by atoms with Crippen molar-refractivity contribution in [2.24, 2.45) is 11.7 Å². The van der Waals surface area contributed by atoms with E-state index in [1.165, 1.54) is 10.7 Å². The molecular weight excluding hydrogens is 328 g/mol. The van der Waals surface area contributed by atoms with Crippen molar-refractivity contribution in [1.29, 1.82) is 0 Å². The zero-order valence-electron chi connectivity index (χ0n) is 13.8. The fourth-order valence-electron chi connectivity index (χ4n) is 2.76. The monoisotopic (exact) mass is 350 g/mol. The second-order valence-corrected chi connectivity index (χ2v) is 6.53. The van der Waals surface area contributed by atoms with Crippen LogP contribution in [-0.2, 0) is 0 Å². The highest BCUT2D eigenvalue weighted by Gasteiger charge is 2.41. The standard InChI is InChI=1S/C17H22N4O2.ClH/c1-11-3-7-13(8-4-11)21-15(22)9-14(20-21)16(23)19-17(2,10-18)12-5-6-12;/h3-4,7-9,12,20H,5-6,10,18H2,1-2H3,(H,19,23);1H. The van der Waals surface area contributed by atoms with E-state index in [4.69, 9.17) is 5.73 Å². The molecule has 1 aliphatic carbocycles. The highest BCUT2D eigenvalue weighted by atomic mass is 35.5. The lowest BCUT2D eigenvalue weighted by molar-refractivity contribution is 0.0892. The number of amides is 1. The molecule has 1 aromatic carbocycles. The Morgan fingerprint density at radius 2 is 2.00 bits per heavy atom. The zero-order valence-corrected chi connectivity index (χ0v) is 14.7. The number of aromatic amines is 1. The number of nitrogens with zero attached hydrogens (tertiary/aromatic N) is 1. The number of nitrogens with two attached hydrogens (primary N) is 1. The molecule has 2 aromatic rings. The lowest BCUT2D eigenvalue weighted by Crippen LogP contribution is -2.53. The number of carbonyl (C=O) groups excluding carboxylic acids is 1. The highest BCUT2D eigenvalue weighted by molar-refractivity contribution is 5.92. The van der Waals surface area contributed by atoms with E-state index in [1.807, 2.05) is 38.1 Å². The Bertz CT molecular complexity index is 777. The van der Waals surface area contributed by atoms with Gasteiger partial charge in [-0.25, -0.2) is 4.68 Å². The maximum Gasteiger partial charge on any atom is 0.271 e. The normalized spacial score (nSPS) is 16.1. The SMILES string of the molecule is Cc1ccc(-n2[nH]c(C(=O)NC(C)(CN)C3CC3)cc2=O)cc1.Cl. The molecule has 0 spiro atoms. The summed E-state index contributed by atoms with van der Waals surface area (Å²) in [5.74, 6) is 0.121. The average Bonchev–Trinajstić information content (AvgIpc) is 3.32. The van der Waals surface area contributed by atoms with Crippen molar-refractivity contribution in [1.82, 2.24) is 15.1 Å². The molecule has 1 amide bonds. The van der Waals surface area contributed by atoms with Gasteiger partial charge in [-0.05, 0) is 44.7 Å². The molecule has 1 fully saturated rings. The van der Waals surface area contributed by atoms with Crippen LogP contribution >= 0.6 is 12.4 Å². The van der Waals surface area contributed by atoms with Crippen LogP contribution in [-0.4, -0.2) is 27.8 Å². The summed E-state index contributed by atoms with van der Waals surface area (Å²) < 4.78 is 1.37. The van der Waals surface area contributed by atoms with Crippen molar-refractivity contribution in [3.05, 3.63) is 51.9 Å². The van der Waals surface area contributed by atoms with Crippen LogP contribution in [0.15, 0.2) is 35.1 Å². The van der Waals surface area contributed by atoms with Crippen LogP contribution in [0.4, 0.5) is 0 Å². The highest BCUT2D eigenvalue weighted by Crippen LogP contribution is 2.39. The van der Waals surface area contributed by atoms with Crippen molar-refractivity contribution in [2.75, 3.05) is 6.54 Å². The molecule has 1 aromatic heterocycles. The number of nitrogens with one attached hydrogen (secondary N) is 2. The number of hydrogen-bond donors (Lipinski definition) is 3. The molecule has 1 aliphatic rings. The molecule has 24 heavy (non-hydrogen) atoms. The molecule has 7 heteroatoms. The van der Waals surface area contributed by atoms with E-state index in [9.17, 15) is 9.59 Å². The Morgan fingerprint density at radius 1 is 1.38 bits per heavy atom. The first-order valence-corrected chi connectivity index (χ1v) is 7.84. The fraction of sp³-hybridized carbons (Fsp3) is 0.412. The van der Waals surface area contributed by atoms with E-state index in [2.05, 4.69) is 10.4 Å². The zero-order chi connectivity index (χ0) is 16.6. The second kappa shape index (κ2) is 6.83. The largest absolute Gasteiger partial charge is 0.344 e. The van der Waals surface area contributed by atoms with Gasteiger partial charge in [-0.1, -0.05) is 17.7 Å². The minimum atomic E-state index is -0.417. The van der Waals surface area contributed by atoms with Gasteiger partial charge >= 0.3 is 0 Å². The third-order valence-corrected chi connectivity index (χ3v) is 4.56. The van der Waals surface area contributed by atoms with Gasteiger partial charge in [0.25, 0.3) is 11.5 Å². The predicted octanol–water partition coefficient (Wildman–Crippen LogP) is 1.75. The molecule has 0 radical (unpaired) electrons. The van der Waals surface area contributed by atoms with Gasteiger partial charge in [0.05, 0.1) is 11.2 Å². The van der Waals surface area contributed by atoms with E-state index >= 15 is 0 Å². The van der Waals surface area contributed by atoms with Crippen molar-refractivity contribution in [3.63, 3.8) is 0 Å². The topological polar surface area (TPSA) is 92.9 Å². The van der Waals surface area contributed by atoms with Crippen LogP contribution in [0.5, 0.6) is 0 Å². The Kier molecular flexibility index (Phi) is 5.20. The molecule has 0 saturated heterocycles. The molecule has 4 N–H and O–H groups in total. The molecule has 130 valence electrons. The van der Waals surface area contributed by atoms with Gasteiger partial charge in [0, 0.05) is 12.6 Å². The number of carbonyl (C=O) groups is 1. The van der Waals surface area contributed by atoms with Crippen LogP contribution in [0.25, 0.3) is 5.69 Å². The van der Waals surface area contributed by atoms with Crippen LogP contribution in [0, 0.1) is 12.8 Å². The number of aryl methyl sites for hydroxylation is 1. The molecule has 1 heterocycles. The minimum Gasteiger partial charge on any atom is -0.344 e. The van der Waals surface area contributed by atoms with Gasteiger partial charge in [0.2, 0.25) is 0 Å². The van der Waals surface area contributed by atoms with Gasteiger partial charge < -0.3 is 11.1 Å². The second-order valence-electron chi connectivity index (χ2n) is 6.53. The van der Waals surface area contributed by atoms with E-state index in [0.717, 1.165) is 18.4 Å². The summed E-state index contributed by atoms with van der Waals surface area (Å²) in [6.07, 6.45) is 2.16. The molecule has 1 atom stereocenters. The molecule has 0 bridgehead atoms. The number of aromatic nitrogens is 2. The molecule has 0 aliphatic heterocycles. The van der Waals surface area contributed by atoms with E-state index in [0.29, 0.717) is 18.2 Å². The van der Waals surface area contributed by atoms with Crippen molar-refractivity contribution >= 4 is 18.3 Å². The molecule has 6 nitrogen and oxygen atoms in total. The Balaban J connectivity index is 0.00000208. The van der Waals surface area contributed by atoms with E-state index < -0.39 is 5.54 Å². The Morgan fingerprint density at radius 3 is 2.54 bits per heavy atom.